The first-order valence-electron chi connectivity index (χ1n) is 5.34. The van der Waals surface area contributed by atoms with Crippen molar-refractivity contribution in [3.8, 4) is 0 Å². The average Bonchev–Trinajstić information content (AvgIpc) is 2.89. The largest absolute Gasteiger partial charge is 0.478 e. The molecule has 0 fully saturated rings. The second kappa shape index (κ2) is 4.35. The molecular weight excluding hydrogens is 200 g/mol. The third-order valence-electron chi connectivity index (χ3n) is 2.97. The predicted octanol–water partition coefficient (Wildman–Crippen LogP) is 2.87. The maximum Gasteiger partial charge on any atom is 0.331 e. The fraction of sp³-hybridized carbons (Fsp3) is 0.214. The highest BCUT2D eigenvalue weighted by Crippen LogP contribution is 2.32. The summed E-state index contributed by atoms with van der Waals surface area (Å²) in [7, 11) is 0. The van der Waals surface area contributed by atoms with E-state index in [0.29, 0.717) is 5.57 Å². The van der Waals surface area contributed by atoms with Crippen molar-refractivity contribution < 1.29 is 9.90 Å². The van der Waals surface area contributed by atoms with Crippen molar-refractivity contribution in [2.75, 3.05) is 0 Å². The van der Waals surface area contributed by atoms with E-state index in [1.165, 1.54) is 0 Å². The van der Waals surface area contributed by atoms with Crippen molar-refractivity contribution in [3.63, 3.8) is 0 Å². The zero-order valence-corrected chi connectivity index (χ0v) is 9.13. The number of rotatable bonds is 3. The van der Waals surface area contributed by atoms with Crippen LogP contribution in [-0.2, 0) is 4.79 Å². The van der Waals surface area contributed by atoms with Gasteiger partial charge in [-0.05, 0) is 12.5 Å². The molecule has 2 heteroatoms. The van der Waals surface area contributed by atoms with E-state index in [9.17, 15) is 4.79 Å². The van der Waals surface area contributed by atoms with Crippen molar-refractivity contribution in [2.45, 2.75) is 6.92 Å². The summed E-state index contributed by atoms with van der Waals surface area (Å²) in [5.41, 5.74) is 1.41. The van der Waals surface area contributed by atoms with Gasteiger partial charge in [-0.2, -0.15) is 0 Å². The van der Waals surface area contributed by atoms with Crippen LogP contribution in [-0.4, -0.2) is 11.1 Å². The highest BCUT2D eigenvalue weighted by molar-refractivity contribution is 5.87. The summed E-state index contributed by atoms with van der Waals surface area (Å²) in [6.45, 7) is 1.68. The highest BCUT2D eigenvalue weighted by Gasteiger charge is 2.23. The lowest BCUT2D eigenvalue weighted by Crippen LogP contribution is -2.12. The molecule has 0 amide bonds. The molecule has 1 N–H and O–H groups in total. The van der Waals surface area contributed by atoms with Crippen LogP contribution in [0.2, 0.25) is 0 Å². The monoisotopic (exact) mass is 214 g/mol. The van der Waals surface area contributed by atoms with Gasteiger partial charge in [0.15, 0.2) is 0 Å². The molecule has 0 atom stereocenters. The van der Waals surface area contributed by atoms with Crippen LogP contribution in [0.1, 0.15) is 6.92 Å². The van der Waals surface area contributed by atoms with Gasteiger partial charge in [-0.15, -0.1) is 0 Å². The third-order valence-corrected chi connectivity index (χ3v) is 2.97. The van der Waals surface area contributed by atoms with E-state index in [4.69, 9.17) is 5.11 Å². The Labute approximate surface area is 95.0 Å². The molecule has 0 saturated carbocycles. The molecular formula is C14H14O2. The third kappa shape index (κ3) is 1.91. The molecule has 16 heavy (non-hydrogen) atoms. The summed E-state index contributed by atoms with van der Waals surface area (Å²) in [4.78, 5) is 11.1. The SMILES string of the molecule is CC(C(=O)O)=C(C1C=CC=C1)C1C=CC=C1. The molecule has 0 unspecified atom stereocenters. The molecule has 0 bridgehead atoms. The van der Waals surface area contributed by atoms with E-state index >= 15 is 0 Å². The van der Waals surface area contributed by atoms with Crippen LogP contribution in [0.15, 0.2) is 59.8 Å². The molecule has 0 heterocycles. The number of carboxylic acid groups (broad SMARTS) is 1. The normalized spacial score (nSPS) is 18.6. The van der Waals surface area contributed by atoms with Gasteiger partial charge >= 0.3 is 5.97 Å². The second-order valence-electron chi connectivity index (χ2n) is 3.98. The van der Waals surface area contributed by atoms with E-state index in [1.807, 2.05) is 48.6 Å². The fourth-order valence-corrected chi connectivity index (χ4v) is 2.12. The quantitative estimate of drug-likeness (QED) is 0.733. The molecule has 0 aromatic heterocycles. The minimum absolute atomic E-state index is 0.119. The smallest absolute Gasteiger partial charge is 0.331 e. The minimum Gasteiger partial charge on any atom is -0.478 e. The number of allylic oxidation sites excluding steroid dienone is 9. The van der Waals surface area contributed by atoms with Crippen LogP contribution in [0.5, 0.6) is 0 Å². The van der Waals surface area contributed by atoms with Crippen molar-refractivity contribution >= 4 is 5.97 Å². The summed E-state index contributed by atoms with van der Waals surface area (Å²) in [5.74, 6) is -0.598. The first kappa shape index (κ1) is 10.7. The zero-order chi connectivity index (χ0) is 11.5. The lowest BCUT2D eigenvalue weighted by atomic mass is 9.86. The summed E-state index contributed by atoms with van der Waals surface area (Å²) in [6.07, 6.45) is 16.0. The molecule has 2 rings (SSSR count). The Morgan fingerprint density at radius 3 is 1.62 bits per heavy atom. The van der Waals surface area contributed by atoms with Crippen molar-refractivity contribution in [3.05, 3.63) is 59.8 Å². The molecule has 2 nitrogen and oxygen atoms in total. The predicted molar refractivity (Wildman–Crippen MR) is 63.9 cm³/mol. The number of hydrogen-bond donors (Lipinski definition) is 1. The van der Waals surface area contributed by atoms with E-state index in [0.717, 1.165) is 5.57 Å². The van der Waals surface area contributed by atoms with E-state index in [2.05, 4.69) is 0 Å². The van der Waals surface area contributed by atoms with Crippen LogP contribution >= 0.6 is 0 Å². The number of hydrogen-bond acceptors (Lipinski definition) is 1. The maximum atomic E-state index is 11.1. The van der Waals surface area contributed by atoms with Gasteiger partial charge < -0.3 is 5.11 Å². The van der Waals surface area contributed by atoms with Gasteiger partial charge in [0.05, 0.1) is 0 Å². The topological polar surface area (TPSA) is 37.3 Å². The Balaban J connectivity index is 2.40. The maximum absolute atomic E-state index is 11.1. The molecule has 0 saturated heterocycles. The Kier molecular flexibility index (Phi) is 2.91. The van der Waals surface area contributed by atoms with E-state index in [-0.39, 0.29) is 11.8 Å². The lowest BCUT2D eigenvalue weighted by molar-refractivity contribution is -0.132. The number of aliphatic carboxylic acids is 1. The van der Waals surface area contributed by atoms with Crippen molar-refractivity contribution in [1.82, 2.24) is 0 Å². The van der Waals surface area contributed by atoms with Gasteiger partial charge in [0.25, 0.3) is 0 Å². The minimum atomic E-state index is -0.836. The Morgan fingerprint density at radius 2 is 1.31 bits per heavy atom. The molecule has 2 aliphatic carbocycles. The molecule has 82 valence electrons. The van der Waals surface area contributed by atoms with Gasteiger partial charge in [-0.25, -0.2) is 4.79 Å². The first-order chi connectivity index (χ1) is 7.70. The number of carbonyl (C=O) groups is 1. The summed E-state index contributed by atoms with van der Waals surface area (Å²) in [5, 5.41) is 9.12. The van der Waals surface area contributed by atoms with Crippen LogP contribution in [0, 0.1) is 11.8 Å². The summed E-state index contributed by atoms with van der Waals surface area (Å²) >= 11 is 0. The molecule has 0 aromatic carbocycles. The lowest BCUT2D eigenvalue weighted by Gasteiger charge is -2.18. The van der Waals surface area contributed by atoms with Gasteiger partial charge in [-0.1, -0.05) is 48.6 Å². The Bertz CT molecular complexity index is 393. The second-order valence-corrected chi connectivity index (χ2v) is 3.98. The van der Waals surface area contributed by atoms with Crippen molar-refractivity contribution in [1.29, 1.82) is 0 Å². The Hall–Kier alpha value is -1.83. The Morgan fingerprint density at radius 1 is 0.938 bits per heavy atom. The van der Waals surface area contributed by atoms with Gasteiger partial charge in [0.2, 0.25) is 0 Å². The van der Waals surface area contributed by atoms with Crippen LogP contribution in [0.3, 0.4) is 0 Å². The molecule has 0 aromatic rings. The molecule has 0 spiro atoms. The van der Waals surface area contributed by atoms with E-state index < -0.39 is 5.97 Å². The molecule has 0 radical (unpaired) electrons. The molecule has 2 aliphatic rings. The van der Waals surface area contributed by atoms with Crippen LogP contribution < -0.4 is 0 Å². The van der Waals surface area contributed by atoms with Gasteiger partial charge in [0.1, 0.15) is 0 Å². The number of carboxylic acids is 1. The fourth-order valence-electron chi connectivity index (χ4n) is 2.12. The first-order valence-corrected chi connectivity index (χ1v) is 5.34. The zero-order valence-electron chi connectivity index (χ0n) is 9.13. The summed E-state index contributed by atoms with van der Waals surface area (Å²) < 4.78 is 0. The van der Waals surface area contributed by atoms with E-state index in [1.54, 1.807) is 6.92 Å². The van der Waals surface area contributed by atoms with Crippen LogP contribution in [0.4, 0.5) is 0 Å². The standard InChI is InChI=1S/C14H14O2/c1-10(14(15)16)13(11-6-2-3-7-11)12-8-4-5-9-12/h2-9,11-12H,1H3,(H,15,16). The van der Waals surface area contributed by atoms with Gasteiger partial charge in [0, 0.05) is 17.4 Å². The molecule has 0 aliphatic heterocycles. The average molecular weight is 214 g/mol. The van der Waals surface area contributed by atoms with Crippen molar-refractivity contribution in [2.24, 2.45) is 11.8 Å². The summed E-state index contributed by atoms with van der Waals surface area (Å²) in [6, 6.07) is 0. The highest BCUT2D eigenvalue weighted by atomic mass is 16.4. The van der Waals surface area contributed by atoms with Crippen LogP contribution in [0.25, 0.3) is 0 Å². The van der Waals surface area contributed by atoms with Gasteiger partial charge in [-0.3, -0.25) is 0 Å².